The van der Waals surface area contributed by atoms with Crippen LogP contribution in [0.5, 0.6) is 0 Å². The van der Waals surface area contributed by atoms with E-state index in [4.69, 9.17) is 21.3 Å². The van der Waals surface area contributed by atoms with E-state index in [0.29, 0.717) is 57.2 Å². The fourth-order valence-corrected chi connectivity index (χ4v) is 5.48. The third kappa shape index (κ3) is 4.70. The van der Waals surface area contributed by atoms with Crippen LogP contribution in [0.15, 0.2) is 42.7 Å². The molecule has 1 atom stereocenters. The molecular formula is C28H28ClFN6O. The Morgan fingerprint density at radius 3 is 2.59 bits per heavy atom. The van der Waals surface area contributed by atoms with Crippen molar-refractivity contribution < 1.29 is 9.13 Å². The first kappa shape index (κ1) is 25.2. The molecule has 1 aliphatic rings. The first-order valence-corrected chi connectivity index (χ1v) is 12.8. The second-order valence-corrected chi connectivity index (χ2v) is 10.4. The van der Waals surface area contributed by atoms with Crippen molar-refractivity contribution in [2.75, 3.05) is 7.11 Å². The molecule has 0 radical (unpaired) electrons. The van der Waals surface area contributed by atoms with Crippen LogP contribution in [-0.4, -0.2) is 31.6 Å². The zero-order valence-corrected chi connectivity index (χ0v) is 21.8. The van der Waals surface area contributed by atoms with Crippen molar-refractivity contribution in [3.05, 3.63) is 70.8 Å². The molecule has 5 rings (SSSR count). The first-order valence-electron chi connectivity index (χ1n) is 12.4. The average molecular weight is 519 g/mol. The first-order chi connectivity index (χ1) is 17.8. The zero-order chi connectivity index (χ0) is 26.2. The number of nitriles is 1. The molecule has 1 aromatic carbocycles. The predicted molar refractivity (Wildman–Crippen MR) is 139 cm³/mol. The lowest BCUT2D eigenvalue weighted by Gasteiger charge is -2.32. The minimum absolute atomic E-state index is 0.0184. The Labute approximate surface area is 220 Å². The largest absolute Gasteiger partial charge is 0.366 e. The van der Waals surface area contributed by atoms with Crippen LogP contribution >= 0.6 is 11.6 Å². The highest BCUT2D eigenvalue weighted by molar-refractivity contribution is 6.30. The minimum atomic E-state index is -1.22. The molecule has 3 aromatic heterocycles. The van der Waals surface area contributed by atoms with E-state index in [-0.39, 0.29) is 11.6 Å². The van der Waals surface area contributed by atoms with Crippen LogP contribution in [0.2, 0.25) is 5.02 Å². The summed E-state index contributed by atoms with van der Waals surface area (Å²) in [5.41, 5.74) is 1.30. The third-order valence-electron chi connectivity index (χ3n) is 7.48. The van der Waals surface area contributed by atoms with Gasteiger partial charge in [-0.05, 0) is 43.7 Å². The Hall–Kier alpha value is -3.41. The van der Waals surface area contributed by atoms with Crippen LogP contribution in [0.1, 0.15) is 56.7 Å². The number of methoxy groups -OCH3 is 1. The Morgan fingerprint density at radius 1 is 1.16 bits per heavy atom. The topological polar surface area (TPSA) is 89.5 Å². The van der Waals surface area contributed by atoms with Gasteiger partial charge >= 0.3 is 0 Å². The highest BCUT2D eigenvalue weighted by atomic mass is 35.5. The second-order valence-electron chi connectivity index (χ2n) is 9.96. The molecule has 1 saturated carbocycles. The van der Waals surface area contributed by atoms with Crippen molar-refractivity contribution in [1.82, 2.24) is 24.5 Å². The molecule has 0 bridgehead atoms. The van der Waals surface area contributed by atoms with E-state index in [9.17, 15) is 5.26 Å². The Balaban J connectivity index is 1.80. The number of hydrogen-bond donors (Lipinski definition) is 0. The van der Waals surface area contributed by atoms with Gasteiger partial charge in [-0.2, -0.15) is 10.2 Å². The fourth-order valence-electron chi connectivity index (χ4n) is 5.31. The minimum Gasteiger partial charge on any atom is -0.366 e. The Morgan fingerprint density at radius 2 is 1.92 bits per heavy atom. The van der Waals surface area contributed by atoms with Crippen molar-refractivity contribution in [3.8, 4) is 17.3 Å². The number of benzene rings is 1. The van der Waals surface area contributed by atoms with Gasteiger partial charge < -0.3 is 9.30 Å². The van der Waals surface area contributed by atoms with Crippen molar-refractivity contribution in [2.45, 2.75) is 51.7 Å². The summed E-state index contributed by atoms with van der Waals surface area (Å²) in [5.74, 6) is 1.20. The van der Waals surface area contributed by atoms with Crippen LogP contribution in [0.3, 0.4) is 0 Å². The quantitative estimate of drug-likeness (QED) is 0.298. The Bertz CT molecular complexity index is 1490. The number of hydrogen-bond acceptors (Lipinski definition) is 6. The smallest absolute Gasteiger partial charge is 0.234 e. The third-order valence-corrected chi connectivity index (χ3v) is 7.69. The van der Waals surface area contributed by atoms with E-state index < -0.39 is 5.60 Å². The summed E-state index contributed by atoms with van der Waals surface area (Å²) in [6.07, 6.45) is 7.66. The number of aromatic nitrogens is 5. The summed E-state index contributed by atoms with van der Waals surface area (Å²) < 4.78 is 23.2. The highest BCUT2D eigenvalue weighted by Gasteiger charge is 2.38. The molecule has 3 heterocycles. The second kappa shape index (κ2) is 10.2. The number of nitrogens with zero attached hydrogens (tertiary/aromatic N) is 6. The van der Waals surface area contributed by atoms with Crippen LogP contribution in [-0.2, 0) is 16.9 Å². The van der Waals surface area contributed by atoms with E-state index in [1.807, 2.05) is 13.0 Å². The van der Waals surface area contributed by atoms with Crippen molar-refractivity contribution in [3.63, 3.8) is 0 Å². The lowest BCUT2D eigenvalue weighted by atomic mass is 9.83. The van der Waals surface area contributed by atoms with Gasteiger partial charge in [0.2, 0.25) is 5.82 Å². The summed E-state index contributed by atoms with van der Waals surface area (Å²) >= 11 is 6.27. The molecule has 4 aromatic rings. The molecule has 0 amide bonds. The highest BCUT2D eigenvalue weighted by Crippen LogP contribution is 2.39. The van der Waals surface area contributed by atoms with Crippen LogP contribution < -0.4 is 0 Å². The molecular weight excluding hydrogens is 491 g/mol. The van der Waals surface area contributed by atoms with Crippen molar-refractivity contribution in [2.24, 2.45) is 11.8 Å². The number of pyridine rings is 1. The van der Waals surface area contributed by atoms with E-state index in [0.717, 1.165) is 25.7 Å². The fraction of sp³-hybridized carbons (Fsp3) is 0.393. The predicted octanol–water partition coefficient (Wildman–Crippen LogP) is 6.29. The summed E-state index contributed by atoms with van der Waals surface area (Å²) in [4.78, 5) is 18.1. The van der Waals surface area contributed by atoms with Crippen LogP contribution in [0.25, 0.3) is 22.4 Å². The number of imidazole rings is 1. The maximum Gasteiger partial charge on any atom is 0.234 e. The molecule has 9 heteroatoms. The molecule has 1 aliphatic carbocycles. The number of fused-ring (bicyclic) bond motifs is 1. The monoisotopic (exact) mass is 518 g/mol. The normalized spacial score (nSPS) is 19.5. The van der Waals surface area contributed by atoms with E-state index >= 15 is 4.39 Å². The van der Waals surface area contributed by atoms with Gasteiger partial charge in [-0.25, -0.2) is 14.4 Å². The van der Waals surface area contributed by atoms with Gasteiger partial charge in [0.05, 0.1) is 5.02 Å². The molecule has 7 nitrogen and oxygen atoms in total. The number of halogens is 2. The molecule has 190 valence electrons. The van der Waals surface area contributed by atoms with E-state index in [2.05, 4.69) is 26.4 Å². The van der Waals surface area contributed by atoms with Gasteiger partial charge in [-0.15, -0.1) is 0 Å². The van der Waals surface area contributed by atoms with Gasteiger partial charge in [0.1, 0.15) is 28.9 Å². The van der Waals surface area contributed by atoms with Crippen molar-refractivity contribution in [1.29, 1.82) is 5.26 Å². The molecule has 1 unspecified atom stereocenters. The molecule has 0 N–H and O–H groups in total. The lowest BCUT2D eigenvalue weighted by Crippen LogP contribution is -2.32. The van der Waals surface area contributed by atoms with Gasteiger partial charge in [-0.3, -0.25) is 4.98 Å². The van der Waals surface area contributed by atoms with Gasteiger partial charge in [0.15, 0.2) is 11.2 Å². The average Bonchev–Trinajstić information content (AvgIpc) is 3.28. The molecule has 1 fully saturated rings. The summed E-state index contributed by atoms with van der Waals surface area (Å²) in [7, 11) is 1.55. The van der Waals surface area contributed by atoms with Crippen LogP contribution in [0.4, 0.5) is 4.39 Å². The maximum atomic E-state index is 15.1. The molecule has 37 heavy (non-hydrogen) atoms. The molecule has 0 spiro atoms. The lowest BCUT2D eigenvalue weighted by molar-refractivity contribution is 0.0248. The SMILES string of the molecule is COC(C)(c1ccccc1F)c1nc2nc(C#N)nc(-c3cncc(Cl)c3)c2n1CC1CCC(C)CC1. The summed E-state index contributed by atoms with van der Waals surface area (Å²) in [6.45, 7) is 4.74. The molecule has 0 saturated heterocycles. The van der Waals surface area contributed by atoms with Gasteiger partial charge in [0.25, 0.3) is 0 Å². The zero-order valence-electron chi connectivity index (χ0n) is 21.1. The number of ether oxygens (including phenoxy) is 1. The van der Waals surface area contributed by atoms with Gasteiger partial charge in [-0.1, -0.05) is 49.6 Å². The maximum absolute atomic E-state index is 15.1. The van der Waals surface area contributed by atoms with Gasteiger partial charge in [0, 0.05) is 37.2 Å². The molecule has 0 aliphatic heterocycles. The van der Waals surface area contributed by atoms with Crippen LogP contribution in [0, 0.1) is 29.0 Å². The standard InChI is InChI=1S/C28H28ClFN6O/c1-17-8-10-18(11-9-17)16-36-25-24(19-12-20(29)15-32-14-19)33-23(13-31)34-26(25)35-27(36)28(2,37-3)21-6-4-5-7-22(21)30/h4-7,12,14-15,17-18H,8-11,16H2,1-3H3. The Kier molecular flexibility index (Phi) is 6.93. The van der Waals surface area contributed by atoms with E-state index in [1.165, 1.54) is 6.07 Å². The number of rotatable bonds is 6. The summed E-state index contributed by atoms with van der Waals surface area (Å²) in [5, 5.41) is 10.1. The summed E-state index contributed by atoms with van der Waals surface area (Å²) in [6, 6.07) is 10.3. The van der Waals surface area contributed by atoms with E-state index in [1.54, 1.807) is 43.8 Å². The van der Waals surface area contributed by atoms with Crippen molar-refractivity contribution >= 4 is 22.8 Å².